The summed E-state index contributed by atoms with van der Waals surface area (Å²) < 4.78 is 0. The van der Waals surface area contributed by atoms with Gasteiger partial charge in [0.15, 0.2) is 5.13 Å². The fraction of sp³-hybridized carbons (Fsp3) is 0.786. The smallest absolute Gasteiger partial charge is 0.185 e. The molecule has 4 nitrogen and oxygen atoms in total. The van der Waals surface area contributed by atoms with Crippen molar-refractivity contribution in [3.05, 3.63) is 10.6 Å². The van der Waals surface area contributed by atoms with E-state index in [1.165, 1.54) is 41.6 Å². The lowest BCUT2D eigenvalue weighted by Gasteiger charge is -2.34. The molecule has 1 saturated heterocycles. The van der Waals surface area contributed by atoms with Crippen molar-refractivity contribution >= 4 is 16.5 Å². The molecule has 0 aromatic carbocycles. The number of aryl methyl sites for hydroxylation is 1. The van der Waals surface area contributed by atoms with Crippen LogP contribution in [0.15, 0.2) is 0 Å². The number of aromatic nitrogens is 1. The van der Waals surface area contributed by atoms with Gasteiger partial charge in [0.1, 0.15) is 0 Å². The molecule has 0 amide bonds. The second-order valence-corrected chi connectivity index (χ2v) is 6.57. The number of rotatable bonds is 5. The third-order valence-electron chi connectivity index (χ3n) is 4.09. The van der Waals surface area contributed by atoms with Crippen LogP contribution in [0, 0.1) is 0 Å². The molecule has 5 heteroatoms. The van der Waals surface area contributed by atoms with Gasteiger partial charge in [-0.1, -0.05) is 6.92 Å². The van der Waals surface area contributed by atoms with Crippen molar-refractivity contribution < 1.29 is 0 Å². The Kier molecular flexibility index (Phi) is 4.05. The number of nitrogens with one attached hydrogen (secondary N) is 1. The quantitative estimate of drug-likeness (QED) is 0.890. The molecule has 1 N–H and O–H groups in total. The fourth-order valence-corrected chi connectivity index (χ4v) is 4.01. The van der Waals surface area contributed by atoms with E-state index in [0.29, 0.717) is 0 Å². The lowest BCUT2D eigenvalue weighted by molar-refractivity contribution is 0.248. The van der Waals surface area contributed by atoms with E-state index in [0.717, 1.165) is 32.1 Å². The van der Waals surface area contributed by atoms with Crippen molar-refractivity contribution in [2.75, 3.05) is 38.1 Å². The van der Waals surface area contributed by atoms with Crippen LogP contribution >= 0.6 is 11.3 Å². The Morgan fingerprint density at radius 2 is 2.00 bits per heavy atom. The zero-order chi connectivity index (χ0) is 13.2. The molecule has 1 aromatic rings. The van der Waals surface area contributed by atoms with E-state index in [9.17, 15) is 0 Å². The number of hydrogen-bond donors (Lipinski definition) is 1. The van der Waals surface area contributed by atoms with Crippen molar-refractivity contribution in [3.63, 3.8) is 0 Å². The third-order valence-corrected chi connectivity index (χ3v) is 5.25. The Balaban J connectivity index is 1.65. The molecule has 1 aromatic heterocycles. The van der Waals surface area contributed by atoms with Crippen LogP contribution in [0.1, 0.15) is 30.3 Å². The monoisotopic (exact) mass is 280 g/mol. The van der Waals surface area contributed by atoms with E-state index in [1.54, 1.807) is 0 Å². The standard InChI is InChI=1S/C14H24N4S/c1-3-12-13(10-15-2)19-14(16-12)18-8-6-17(7-9-18)11-4-5-11/h11,15H,3-10H2,1-2H3. The SMILES string of the molecule is CCc1nc(N2CCN(C3CC3)CC2)sc1CNC. The molecule has 2 heterocycles. The van der Waals surface area contributed by atoms with Crippen LogP contribution in [-0.2, 0) is 13.0 Å². The molecule has 19 heavy (non-hydrogen) atoms. The predicted octanol–water partition coefficient (Wildman–Crippen LogP) is 1.71. The van der Waals surface area contributed by atoms with Crippen LogP contribution in [0.25, 0.3) is 0 Å². The van der Waals surface area contributed by atoms with Crippen LogP contribution < -0.4 is 10.2 Å². The van der Waals surface area contributed by atoms with Crippen molar-refractivity contribution in [1.29, 1.82) is 0 Å². The van der Waals surface area contributed by atoms with E-state index < -0.39 is 0 Å². The molecule has 0 unspecified atom stereocenters. The topological polar surface area (TPSA) is 31.4 Å². The Morgan fingerprint density at radius 1 is 1.26 bits per heavy atom. The van der Waals surface area contributed by atoms with Gasteiger partial charge in [-0.2, -0.15) is 0 Å². The van der Waals surface area contributed by atoms with Gasteiger partial charge in [-0.25, -0.2) is 4.98 Å². The summed E-state index contributed by atoms with van der Waals surface area (Å²) >= 11 is 1.87. The highest BCUT2D eigenvalue weighted by Crippen LogP contribution is 2.31. The minimum atomic E-state index is 0.907. The maximum Gasteiger partial charge on any atom is 0.185 e. The van der Waals surface area contributed by atoms with Gasteiger partial charge < -0.3 is 10.2 Å². The number of thiazole rings is 1. The highest BCUT2D eigenvalue weighted by Gasteiger charge is 2.31. The summed E-state index contributed by atoms with van der Waals surface area (Å²) in [5, 5.41) is 4.48. The minimum absolute atomic E-state index is 0.907. The summed E-state index contributed by atoms with van der Waals surface area (Å²) in [5.74, 6) is 0. The molecule has 2 aliphatic rings. The van der Waals surface area contributed by atoms with Crippen molar-refractivity contribution in [2.24, 2.45) is 0 Å². The summed E-state index contributed by atoms with van der Waals surface area (Å²) in [5.41, 5.74) is 1.28. The second kappa shape index (κ2) is 5.77. The van der Waals surface area contributed by atoms with Gasteiger partial charge in [0.25, 0.3) is 0 Å². The summed E-state index contributed by atoms with van der Waals surface area (Å²) in [6.45, 7) is 7.87. The Hall–Kier alpha value is -0.650. The van der Waals surface area contributed by atoms with Gasteiger partial charge in [-0.3, -0.25) is 4.90 Å². The van der Waals surface area contributed by atoms with Crippen molar-refractivity contribution in [1.82, 2.24) is 15.2 Å². The average molecular weight is 280 g/mol. The molecular formula is C14H24N4S. The number of nitrogens with zero attached hydrogens (tertiary/aromatic N) is 3. The molecule has 106 valence electrons. The zero-order valence-corrected chi connectivity index (χ0v) is 12.8. The fourth-order valence-electron chi connectivity index (χ4n) is 2.80. The van der Waals surface area contributed by atoms with Crippen LogP contribution in [0.3, 0.4) is 0 Å². The number of piperazine rings is 1. The zero-order valence-electron chi connectivity index (χ0n) is 12.0. The third kappa shape index (κ3) is 2.93. The van der Waals surface area contributed by atoms with Gasteiger partial charge >= 0.3 is 0 Å². The summed E-state index contributed by atoms with van der Waals surface area (Å²) in [6, 6.07) is 0.907. The first-order valence-corrected chi connectivity index (χ1v) is 8.25. The van der Waals surface area contributed by atoms with Gasteiger partial charge in [0, 0.05) is 43.6 Å². The van der Waals surface area contributed by atoms with E-state index in [1.807, 2.05) is 18.4 Å². The molecule has 0 bridgehead atoms. The lowest BCUT2D eigenvalue weighted by Crippen LogP contribution is -2.47. The van der Waals surface area contributed by atoms with Crippen LogP contribution in [-0.4, -0.2) is 49.2 Å². The lowest BCUT2D eigenvalue weighted by atomic mass is 10.3. The molecule has 3 rings (SSSR count). The van der Waals surface area contributed by atoms with Crippen molar-refractivity contribution in [2.45, 2.75) is 38.8 Å². The molecular weight excluding hydrogens is 256 g/mol. The first-order chi connectivity index (χ1) is 9.31. The van der Waals surface area contributed by atoms with Gasteiger partial charge in [0.05, 0.1) is 5.69 Å². The van der Waals surface area contributed by atoms with Crippen LogP contribution in [0.5, 0.6) is 0 Å². The Bertz CT molecular complexity index is 419. The molecule has 0 atom stereocenters. The highest BCUT2D eigenvalue weighted by molar-refractivity contribution is 7.15. The minimum Gasteiger partial charge on any atom is -0.346 e. The number of hydrogen-bond acceptors (Lipinski definition) is 5. The molecule has 0 spiro atoms. The molecule has 1 saturated carbocycles. The second-order valence-electron chi connectivity index (χ2n) is 5.50. The normalized spacial score (nSPS) is 21.1. The predicted molar refractivity (Wildman–Crippen MR) is 81.1 cm³/mol. The van der Waals surface area contributed by atoms with Gasteiger partial charge in [-0.15, -0.1) is 11.3 Å². The van der Waals surface area contributed by atoms with Crippen LogP contribution in [0.2, 0.25) is 0 Å². The molecule has 2 fully saturated rings. The maximum atomic E-state index is 4.84. The number of anilines is 1. The first-order valence-electron chi connectivity index (χ1n) is 7.44. The average Bonchev–Trinajstić information content (AvgIpc) is 3.21. The van der Waals surface area contributed by atoms with Gasteiger partial charge in [-0.05, 0) is 26.3 Å². The Labute approximate surface area is 119 Å². The van der Waals surface area contributed by atoms with E-state index in [2.05, 4.69) is 22.0 Å². The summed E-state index contributed by atoms with van der Waals surface area (Å²) in [4.78, 5) is 11.4. The van der Waals surface area contributed by atoms with Gasteiger partial charge in [0.2, 0.25) is 0 Å². The summed E-state index contributed by atoms with van der Waals surface area (Å²) in [6.07, 6.45) is 3.88. The Morgan fingerprint density at radius 3 is 2.58 bits per heavy atom. The first kappa shape index (κ1) is 13.3. The molecule has 1 aliphatic carbocycles. The summed E-state index contributed by atoms with van der Waals surface area (Å²) in [7, 11) is 2.01. The van der Waals surface area contributed by atoms with Crippen molar-refractivity contribution in [3.8, 4) is 0 Å². The van der Waals surface area contributed by atoms with Crippen LogP contribution in [0.4, 0.5) is 5.13 Å². The van der Waals surface area contributed by atoms with E-state index in [-0.39, 0.29) is 0 Å². The van der Waals surface area contributed by atoms with E-state index in [4.69, 9.17) is 4.98 Å². The maximum absolute atomic E-state index is 4.84. The molecule has 1 aliphatic heterocycles. The largest absolute Gasteiger partial charge is 0.346 e. The highest BCUT2D eigenvalue weighted by atomic mass is 32.1. The van der Waals surface area contributed by atoms with E-state index >= 15 is 0 Å². The molecule has 0 radical (unpaired) electrons.